The van der Waals surface area contributed by atoms with Crippen molar-refractivity contribution in [2.75, 3.05) is 11.9 Å². The van der Waals surface area contributed by atoms with Crippen LogP contribution in [0.3, 0.4) is 0 Å². The van der Waals surface area contributed by atoms with Crippen LogP contribution in [0.2, 0.25) is 0 Å². The van der Waals surface area contributed by atoms with Crippen molar-refractivity contribution in [3.63, 3.8) is 0 Å². The fourth-order valence-corrected chi connectivity index (χ4v) is 3.31. The number of carbonyl (C=O) groups is 1. The number of aryl methyl sites for hydroxylation is 1. The number of para-hydroxylation sites is 1. The predicted molar refractivity (Wildman–Crippen MR) is 99.5 cm³/mol. The molecule has 1 aliphatic rings. The third-order valence-corrected chi connectivity index (χ3v) is 4.73. The van der Waals surface area contributed by atoms with Crippen LogP contribution in [0.5, 0.6) is 0 Å². The lowest BCUT2D eigenvalue weighted by Gasteiger charge is -2.31. The van der Waals surface area contributed by atoms with Gasteiger partial charge in [-0.05, 0) is 41.0 Å². The number of benzene rings is 2. The van der Waals surface area contributed by atoms with E-state index in [0.717, 1.165) is 24.2 Å². The average molecular weight is 322 g/mol. The lowest BCUT2D eigenvalue weighted by Crippen LogP contribution is -2.39. The van der Waals surface area contributed by atoms with Gasteiger partial charge >= 0.3 is 6.03 Å². The van der Waals surface area contributed by atoms with Crippen LogP contribution in [-0.2, 0) is 18.4 Å². The molecule has 0 saturated carbocycles. The Morgan fingerprint density at radius 3 is 2.46 bits per heavy atom. The van der Waals surface area contributed by atoms with Gasteiger partial charge in [0.25, 0.3) is 0 Å². The molecule has 1 aliphatic heterocycles. The van der Waals surface area contributed by atoms with Gasteiger partial charge in [0.15, 0.2) is 0 Å². The zero-order valence-electron chi connectivity index (χ0n) is 15.0. The van der Waals surface area contributed by atoms with E-state index in [9.17, 15) is 4.79 Å². The number of rotatable bonds is 1. The summed E-state index contributed by atoms with van der Waals surface area (Å²) in [4.78, 5) is 14.7. The van der Waals surface area contributed by atoms with E-state index < -0.39 is 0 Å². The van der Waals surface area contributed by atoms with E-state index in [-0.39, 0.29) is 11.4 Å². The van der Waals surface area contributed by atoms with Gasteiger partial charge in [0.2, 0.25) is 0 Å². The molecule has 2 aromatic carbocycles. The third kappa shape index (κ3) is 3.30. The molecule has 3 rings (SSSR count). The smallest absolute Gasteiger partial charge is 0.320 e. The minimum Gasteiger partial charge on any atom is -0.320 e. The van der Waals surface area contributed by atoms with Gasteiger partial charge in [-0.25, -0.2) is 4.79 Å². The number of urea groups is 1. The Hall–Kier alpha value is -2.29. The summed E-state index contributed by atoms with van der Waals surface area (Å²) >= 11 is 0. The van der Waals surface area contributed by atoms with E-state index >= 15 is 0 Å². The summed E-state index contributed by atoms with van der Waals surface area (Å²) in [6, 6.07) is 14.6. The van der Waals surface area contributed by atoms with E-state index in [0.29, 0.717) is 6.54 Å². The molecule has 0 spiro atoms. The van der Waals surface area contributed by atoms with Crippen LogP contribution in [0.1, 0.15) is 43.0 Å². The predicted octanol–water partition coefficient (Wildman–Crippen LogP) is 4.88. The molecule has 0 aromatic heterocycles. The molecule has 24 heavy (non-hydrogen) atoms. The van der Waals surface area contributed by atoms with Crippen molar-refractivity contribution in [2.45, 2.75) is 46.1 Å². The fraction of sp³-hybridized carbons (Fsp3) is 0.381. The first-order valence-corrected chi connectivity index (χ1v) is 8.59. The molecule has 0 saturated heterocycles. The molecule has 3 heteroatoms. The summed E-state index contributed by atoms with van der Waals surface area (Å²) in [7, 11) is 0. The van der Waals surface area contributed by atoms with Gasteiger partial charge in [0.1, 0.15) is 0 Å². The zero-order chi connectivity index (χ0) is 17.3. The summed E-state index contributed by atoms with van der Waals surface area (Å²) in [6.07, 6.45) is 0.920. The number of anilines is 1. The van der Waals surface area contributed by atoms with Gasteiger partial charge in [-0.3, -0.25) is 0 Å². The fourth-order valence-electron chi connectivity index (χ4n) is 3.31. The topological polar surface area (TPSA) is 32.3 Å². The Labute approximate surface area is 144 Å². The first-order chi connectivity index (χ1) is 11.4. The van der Waals surface area contributed by atoms with Crippen LogP contribution in [-0.4, -0.2) is 17.5 Å². The molecule has 0 aliphatic carbocycles. The normalized spacial score (nSPS) is 14.2. The Morgan fingerprint density at radius 1 is 1.04 bits per heavy atom. The second-order valence-corrected chi connectivity index (χ2v) is 7.62. The highest BCUT2D eigenvalue weighted by molar-refractivity contribution is 5.91. The summed E-state index contributed by atoms with van der Waals surface area (Å²) in [5.74, 6) is 0. The van der Waals surface area contributed by atoms with Crippen molar-refractivity contribution in [2.24, 2.45) is 0 Å². The number of hydrogen-bond donors (Lipinski definition) is 1. The highest BCUT2D eigenvalue weighted by Gasteiger charge is 2.24. The van der Waals surface area contributed by atoms with Crippen molar-refractivity contribution >= 4 is 11.7 Å². The number of amides is 2. The maximum absolute atomic E-state index is 12.8. The van der Waals surface area contributed by atoms with Crippen molar-refractivity contribution < 1.29 is 4.79 Å². The number of fused-ring (bicyclic) bond motifs is 1. The molecule has 0 bridgehead atoms. The second-order valence-electron chi connectivity index (χ2n) is 7.62. The summed E-state index contributed by atoms with van der Waals surface area (Å²) < 4.78 is 0. The SMILES string of the molecule is Cc1cccc(C(C)(C)C)c1NC(=O)N1CCc2ccccc2C1. The largest absolute Gasteiger partial charge is 0.322 e. The van der Waals surface area contributed by atoms with Crippen LogP contribution >= 0.6 is 0 Å². The lowest BCUT2D eigenvalue weighted by atomic mass is 9.84. The number of nitrogens with one attached hydrogen (secondary N) is 1. The van der Waals surface area contributed by atoms with Gasteiger partial charge in [-0.1, -0.05) is 63.2 Å². The average Bonchev–Trinajstić information content (AvgIpc) is 2.55. The van der Waals surface area contributed by atoms with E-state index in [1.165, 1.54) is 16.7 Å². The van der Waals surface area contributed by atoms with E-state index in [1.807, 2.05) is 11.0 Å². The Morgan fingerprint density at radius 2 is 1.75 bits per heavy atom. The molecule has 1 N–H and O–H groups in total. The molecular formula is C21H26N2O. The van der Waals surface area contributed by atoms with Gasteiger partial charge in [-0.15, -0.1) is 0 Å². The molecule has 2 aromatic rings. The lowest BCUT2D eigenvalue weighted by molar-refractivity contribution is 0.206. The van der Waals surface area contributed by atoms with Gasteiger partial charge in [0, 0.05) is 18.8 Å². The minimum absolute atomic E-state index is 0.00990. The Balaban J connectivity index is 1.82. The number of carbonyl (C=O) groups excluding carboxylic acids is 1. The molecule has 0 radical (unpaired) electrons. The van der Waals surface area contributed by atoms with Crippen molar-refractivity contribution in [3.05, 3.63) is 64.7 Å². The number of hydrogen-bond acceptors (Lipinski definition) is 1. The maximum Gasteiger partial charge on any atom is 0.322 e. The first kappa shape index (κ1) is 16.6. The highest BCUT2D eigenvalue weighted by atomic mass is 16.2. The van der Waals surface area contributed by atoms with Gasteiger partial charge in [0.05, 0.1) is 0 Å². The summed E-state index contributed by atoms with van der Waals surface area (Å²) in [5, 5.41) is 3.17. The van der Waals surface area contributed by atoms with E-state index in [2.05, 4.69) is 69.4 Å². The first-order valence-electron chi connectivity index (χ1n) is 8.59. The minimum atomic E-state index is -0.0108. The summed E-state index contributed by atoms with van der Waals surface area (Å²) in [5.41, 5.74) is 5.83. The summed E-state index contributed by atoms with van der Waals surface area (Å²) in [6.45, 7) is 10.0. The molecule has 2 amide bonds. The van der Waals surface area contributed by atoms with Crippen LogP contribution in [0.25, 0.3) is 0 Å². The van der Waals surface area contributed by atoms with Crippen LogP contribution in [0, 0.1) is 6.92 Å². The molecule has 0 fully saturated rings. The molecule has 0 unspecified atom stereocenters. The van der Waals surface area contributed by atoms with Crippen molar-refractivity contribution in [1.29, 1.82) is 0 Å². The Kier molecular flexibility index (Phi) is 4.35. The van der Waals surface area contributed by atoms with Crippen LogP contribution in [0.4, 0.5) is 10.5 Å². The zero-order valence-corrected chi connectivity index (χ0v) is 15.0. The standard InChI is InChI=1S/C21H26N2O/c1-15-8-7-11-18(21(2,3)4)19(15)22-20(24)23-13-12-16-9-5-6-10-17(16)14-23/h5-11H,12-14H2,1-4H3,(H,22,24). The molecule has 126 valence electrons. The van der Waals surface area contributed by atoms with Crippen LogP contribution < -0.4 is 5.32 Å². The van der Waals surface area contributed by atoms with Crippen molar-refractivity contribution in [3.8, 4) is 0 Å². The van der Waals surface area contributed by atoms with Crippen LogP contribution in [0.15, 0.2) is 42.5 Å². The van der Waals surface area contributed by atoms with Gasteiger partial charge in [-0.2, -0.15) is 0 Å². The molecule has 1 heterocycles. The maximum atomic E-state index is 12.8. The molecule has 3 nitrogen and oxygen atoms in total. The highest BCUT2D eigenvalue weighted by Crippen LogP contribution is 2.32. The van der Waals surface area contributed by atoms with E-state index in [1.54, 1.807) is 0 Å². The molecular weight excluding hydrogens is 296 g/mol. The van der Waals surface area contributed by atoms with Gasteiger partial charge < -0.3 is 10.2 Å². The third-order valence-electron chi connectivity index (χ3n) is 4.73. The molecule has 0 atom stereocenters. The quantitative estimate of drug-likeness (QED) is 0.797. The Bertz CT molecular complexity index is 759. The second kappa shape index (κ2) is 6.31. The van der Waals surface area contributed by atoms with E-state index in [4.69, 9.17) is 0 Å². The monoisotopic (exact) mass is 322 g/mol. The number of nitrogens with zero attached hydrogens (tertiary/aromatic N) is 1. The van der Waals surface area contributed by atoms with Crippen molar-refractivity contribution in [1.82, 2.24) is 4.90 Å².